The second-order valence-corrected chi connectivity index (χ2v) is 7.20. The van der Waals surface area contributed by atoms with Gasteiger partial charge in [0.2, 0.25) is 5.89 Å². The Bertz CT molecular complexity index is 702. The average molecular weight is 341 g/mol. The van der Waals surface area contributed by atoms with Crippen molar-refractivity contribution < 1.29 is 9.15 Å². The minimum atomic E-state index is 0.403. The Kier molecular flexibility index (Phi) is 4.77. The quantitative estimate of drug-likeness (QED) is 0.805. The average Bonchev–Trinajstić information content (AvgIpc) is 3.41. The van der Waals surface area contributed by atoms with E-state index in [1.807, 2.05) is 12.3 Å². The van der Waals surface area contributed by atoms with E-state index in [0.29, 0.717) is 12.0 Å². The molecule has 0 radical (unpaired) electrons. The van der Waals surface area contributed by atoms with E-state index in [0.717, 1.165) is 50.1 Å². The van der Waals surface area contributed by atoms with Gasteiger partial charge in [-0.05, 0) is 37.5 Å². The minimum absolute atomic E-state index is 0.403. The van der Waals surface area contributed by atoms with Crippen LogP contribution < -0.4 is 4.74 Å². The van der Waals surface area contributed by atoms with Crippen molar-refractivity contribution in [3.63, 3.8) is 0 Å². The van der Waals surface area contributed by atoms with E-state index in [1.165, 1.54) is 18.4 Å². The number of aromatic nitrogens is 1. The van der Waals surface area contributed by atoms with Crippen LogP contribution in [0.1, 0.15) is 48.9 Å². The molecule has 2 heterocycles. The fourth-order valence-corrected chi connectivity index (χ4v) is 3.57. The maximum absolute atomic E-state index is 5.90. The van der Waals surface area contributed by atoms with E-state index in [1.54, 1.807) is 7.11 Å². The Morgan fingerprint density at radius 2 is 2.04 bits per heavy atom. The smallest absolute Gasteiger partial charge is 0.208 e. The normalized spacial score (nSPS) is 20.6. The minimum Gasteiger partial charge on any atom is -0.497 e. The van der Waals surface area contributed by atoms with E-state index in [2.05, 4.69) is 39.9 Å². The lowest BCUT2D eigenvalue weighted by molar-refractivity contribution is 0.0917. The zero-order valence-corrected chi connectivity index (χ0v) is 15.1. The first-order valence-corrected chi connectivity index (χ1v) is 9.28. The largest absolute Gasteiger partial charge is 0.497 e. The molecule has 1 atom stereocenters. The van der Waals surface area contributed by atoms with Crippen LogP contribution in [0.5, 0.6) is 5.75 Å². The van der Waals surface area contributed by atoms with E-state index < -0.39 is 0 Å². The molecule has 1 aliphatic heterocycles. The number of nitrogens with zero attached hydrogens (tertiary/aromatic N) is 3. The predicted octanol–water partition coefficient (Wildman–Crippen LogP) is 3.44. The summed E-state index contributed by atoms with van der Waals surface area (Å²) in [5, 5.41) is 0. The zero-order chi connectivity index (χ0) is 17.2. The molecule has 2 aliphatic rings. The van der Waals surface area contributed by atoms with Crippen LogP contribution >= 0.6 is 0 Å². The Labute approximate surface area is 149 Å². The molecule has 25 heavy (non-hydrogen) atoms. The molecule has 134 valence electrons. The number of piperazine rings is 1. The van der Waals surface area contributed by atoms with Gasteiger partial charge in [-0.3, -0.25) is 9.80 Å². The van der Waals surface area contributed by atoms with Gasteiger partial charge in [-0.25, -0.2) is 4.98 Å². The highest BCUT2D eigenvalue weighted by Crippen LogP contribution is 2.40. The van der Waals surface area contributed by atoms with E-state index in [9.17, 15) is 0 Å². The molecule has 5 heteroatoms. The van der Waals surface area contributed by atoms with Gasteiger partial charge in [0.25, 0.3) is 0 Å². The third-order valence-electron chi connectivity index (χ3n) is 5.44. The highest BCUT2D eigenvalue weighted by molar-refractivity contribution is 5.30. The number of benzene rings is 1. The molecule has 1 aromatic heterocycles. The SMILES string of the molecule is COc1cccc([C@H](C)N2CCN(Cc3ncc(C4CC4)o3)CC2)c1. The first-order chi connectivity index (χ1) is 12.2. The summed E-state index contributed by atoms with van der Waals surface area (Å²) in [6.07, 6.45) is 4.44. The predicted molar refractivity (Wildman–Crippen MR) is 96.7 cm³/mol. The molecule has 2 fully saturated rings. The van der Waals surface area contributed by atoms with Gasteiger partial charge in [-0.1, -0.05) is 12.1 Å². The molecule has 0 N–H and O–H groups in total. The summed E-state index contributed by atoms with van der Waals surface area (Å²) in [6.45, 7) is 7.34. The summed E-state index contributed by atoms with van der Waals surface area (Å²) in [7, 11) is 1.72. The highest BCUT2D eigenvalue weighted by atomic mass is 16.5. The molecular formula is C20H27N3O2. The lowest BCUT2D eigenvalue weighted by Gasteiger charge is -2.37. The van der Waals surface area contributed by atoms with Gasteiger partial charge in [0.05, 0.1) is 19.9 Å². The molecule has 4 rings (SSSR count). The van der Waals surface area contributed by atoms with E-state index in [-0.39, 0.29) is 0 Å². The molecule has 0 amide bonds. The van der Waals surface area contributed by atoms with Gasteiger partial charge >= 0.3 is 0 Å². The van der Waals surface area contributed by atoms with Crippen molar-refractivity contribution in [3.8, 4) is 5.75 Å². The van der Waals surface area contributed by atoms with Crippen LogP contribution in [0.3, 0.4) is 0 Å². The van der Waals surface area contributed by atoms with Crippen molar-refractivity contribution in [1.82, 2.24) is 14.8 Å². The summed E-state index contributed by atoms with van der Waals surface area (Å²) in [5.74, 6) is 3.52. The third-order valence-corrected chi connectivity index (χ3v) is 5.44. The zero-order valence-electron chi connectivity index (χ0n) is 15.1. The first-order valence-electron chi connectivity index (χ1n) is 9.28. The van der Waals surface area contributed by atoms with Gasteiger partial charge in [-0.15, -0.1) is 0 Å². The van der Waals surface area contributed by atoms with E-state index in [4.69, 9.17) is 9.15 Å². The van der Waals surface area contributed by atoms with Gasteiger partial charge in [-0.2, -0.15) is 0 Å². The molecule has 1 aromatic carbocycles. The molecule has 5 nitrogen and oxygen atoms in total. The van der Waals surface area contributed by atoms with E-state index >= 15 is 0 Å². The summed E-state index contributed by atoms with van der Waals surface area (Å²) in [6, 6.07) is 8.80. The summed E-state index contributed by atoms with van der Waals surface area (Å²) < 4.78 is 11.3. The summed E-state index contributed by atoms with van der Waals surface area (Å²) in [4.78, 5) is 9.44. The van der Waals surface area contributed by atoms with Gasteiger partial charge in [0, 0.05) is 38.1 Å². The first kappa shape index (κ1) is 16.6. The van der Waals surface area contributed by atoms with Crippen LogP contribution in [0.4, 0.5) is 0 Å². The van der Waals surface area contributed by atoms with Gasteiger partial charge in [0.1, 0.15) is 11.5 Å². The number of hydrogen-bond donors (Lipinski definition) is 0. The maximum Gasteiger partial charge on any atom is 0.208 e. The van der Waals surface area contributed by atoms with Crippen molar-refractivity contribution in [2.24, 2.45) is 0 Å². The molecular weight excluding hydrogens is 314 g/mol. The third kappa shape index (κ3) is 3.88. The monoisotopic (exact) mass is 341 g/mol. The van der Waals surface area contributed by atoms with Crippen molar-refractivity contribution in [3.05, 3.63) is 47.7 Å². The fraction of sp³-hybridized carbons (Fsp3) is 0.550. The second kappa shape index (κ2) is 7.18. The lowest BCUT2D eigenvalue weighted by Crippen LogP contribution is -2.46. The van der Waals surface area contributed by atoms with Crippen LogP contribution in [0, 0.1) is 0 Å². The summed E-state index contributed by atoms with van der Waals surface area (Å²) in [5.41, 5.74) is 1.31. The molecule has 1 saturated carbocycles. The fourth-order valence-electron chi connectivity index (χ4n) is 3.57. The van der Waals surface area contributed by atoms with Gasteiger partial charge in [0.15, 0.2) is 0 Å². The Balaban J connectivity index is 1.31. The lowest BCUT2D eigenvalue weighted by atomic mass is 10.1. The number of hydrogen-bond acceptors (Lipinski definition) is 5. The molecule has 1 aliphatic carbocycles. The maximum atomic E-state index is 5.90. The van der Waals surface area contributed by atoms with Crippen LogP contribution in [0.2, 0.25) is 0 Å². The van der Waals surface area contributed by atoms with Crippen molar-refractivity contribution in [1.29, 1.82) is 0 Å². The number of oxazole rings is 1. The Hall–Kier alpha value is -1.85. The number of rotatable bonds is 6. The highest BCUT2D eigenvalue weighted by Gasteiger charge is 2.28. The summed E-state index contributed by atoms with van der Waals surface area (Å²) >= 11 is 0. The van der Waals surface area contributed by atoms with Crippen LogP contribution in [0.15, 0.2) is 34.9 Å². The standard InChI is InChI=1S/C20H27N3O2/c1-15(17-4-3-5-18(12-17)24-2)23-10-8-22(9-11-23)14-20-21-13-19(25-20)16-6-7-16/h3-5,12-13,15-16H,6-11,14H2,1-2H3/t15-/m0/s1. The Morgan fingerprint density at radius 3 is 2.76 bits per heavy atom. The molecule has 0 unspecified atom stereocenters. The van der Waals surface area contributed by atoms with Crippen LogP contribution in [-0.4, -0.2) is 48.1 Å². The molecule has 0 spiro atoms. The number of ether oxygens (including phenoxy) is 1. The second-order valence-electron chi connectivity index (χ2n) is 7.20. The Morgan fingerprint density at radius 1 is 1.24 bits per heavy atom. The molecule has 0 bridgehead atoms. The molecule has 1 saturated heterocycles. The topological polar surface area (TPSA) is 41.7 Å². The van der Waals surface area contributed by atoms with Crippen LogP contribution in [0.25, 0.3) is 0 Å². The van der Waals surface area contributed by atoms with Crippen molar-refractivity contribution in [2.45, 2.75) is 38.3 Å². The van der Waals surface area contributed by atoms with Crippen molar-refractivity contribution in [2.75, 3.05) is 33.3 Å². The van der Waals surface area contributed by atoms with Crippen LogP contribution in [-0.2, 0) is 6.54 Å². The molecule has 2 aromatic rings. The van der Waals surface area contributed by atoms with Gasteiger partial charge < -0.3 is 9.15 Å². The number of methoxy groups -OCH3 is 1. The van der Waals surface area contributed by atoms with Crippen molar-refractivity contribution >= 4 is 0 Å².